The Labute approximate surface area is 102 Å². The van der Waals surface area contributed by atoms with Crippen LogP contribution >= 0.6 is 0 Å². The van der Waals surface area contributed by atoms with E-state index in [-0.39, 0.29) is 12.0 Å². The number of aryl methyl sites for hydroxylation is 1. The Morgan fingerprint density at radius 3 is 2.82 bits per heavy atom. The summed E-state index contributed by atoms with van der Waals surface area (Å²) in [6.45, 7) is 3.37. The molecule has 17 heavy (non-hydrogen) atoms. The van der Waals surface area contributed by atoms with Gasteiger partial charge in [0, 0.05) is 32.0 Å². The lowest BCUT2D eigenvalue weighted by molar-refractivity contribution is 0.0752. The molecule has 1 aromatic rings. The zero-order chi connectivity index (χ0) is 12.4. The van der Waals surface area contributed by atoms with E-state index in [0.29, 0.717) is 13.0 Å². The SMILES string of the molecule is Cc1c(C(=O)N2CCC[C@@H](O)CC2)ccn1C. The van der Waals surface area contributed by atoms with Gasteiger partial charge >= 0.3 is 0 Å². The molecule has 0 aliphatic carbocycles. The van der Waals surface area contributed by atoms with Gasteiger partial charge in [0.1, 0.15) is 0 Å². The zero-order valence-electron chi connectivity index (χ0n) is 10.5. The highest BCUT2D eigenvalue weighted by atomic mass is 16.3. The minimum Gasteiger partial charge on any atom is -0.393 e. The van der Waals surface area contributed by atoms with Crippen LogP contribution in [0.2, 0.25) is 0 Å². The molecule has 0 unspecified atom stereocenters. The minimum atomic E-state index is -0.246. The van der Waals surface area contributed by atoms with Gasteiger partial charge in [-0.25, -0.2) is 0 Å². The largest absolute Gasteiger partial charge is 0.393 e. The number of carbonyl (C=O) groups excluding carboxylic acids is 1. The van der Waals surface area contributed by atoms with Gasteiger partial charge in [0.2, 0.25) is 0 Å². The number of hydrogen-bond donors (Lipinski definition) is 1. The van der Waals surface area contributed by atoms with Gasteiger partial charge in [-0.2, -0.15) is 0 Å². The Balaban J connectivity index is 2.12. The van der Waals surface area contributed by atoms with E-state index in [1.165, 1.54) is 0 Å². The molecule has 1 atom stereocenters. The van der Waals surface area contributed by atoms with Gasteiger partial charge < -0.3 is 14.6 Å². The second-order valence-corrected chi connectivity index (χ2v) is 4.80. The molecule has 0 radical (unpaired) electrons. The molecular formula is C13H20N2O2. The summed E-state index contributed by atoms with van der Waals surface area (Å²) >= 11 is 0. The number of aromatic nitrogens is 1. The molecular weight excluding hydrogens is 216 g/mol. The lowest BCUT2D eigenvalue weighted by Crippen LogP contribution is -2.32. The molecule has 0 aromatic carbocycles. The molecule has 2 rings (SSSR count). The molecule has 1 aromatic heterocycles. The summed E-state index contributed by atoms with van der Waals surface area (Å²) < 4.78 is 1.96. The van der Waals surface area contributed by atoms with Gasteiger partial charge in [0.25, 0.3) is 5.91 Å². The molecule has 0 spiro atoms. The molecule has 0 bridgehead atoms. The number of hydrogen-bond acceptors (Lipinski definition) is 2. The molecule has 94 valence electrons. The van der Waals surface area contributed by atoms with Crippen LogP contribution in [0.15, 0.2) is 12.3 Å². The Morgan fingerprint density at radius 1 is 1.41 bits per heavy atom. The van der Waals surface area contributed by atoms with Gasteiger partial charge in [-0.05, 0) is 32.3 Å². The van der Waals surface area contributed by atoms with Crippen LogP contribution in [-0.2, 0) is 7.05 Å². The summed E-state index contributed by atoms with van der Waals surface area (Å²) in [6.07, 6.45) is 4.05. The monoisotopic (exact) mass is 236 g/mol. The first kappa shape index (κ1) is 12.2. The predicted octanol–water partition coefficient (Wildman–Crippen LogP) is 1.32. The molecule has 0 saturated carbocycles. The number of amides is 1. The third kappa shape index (κ3) is 2.52. The number of likely N-dealkylation sites (tertiary alicyclic amines) is 1. The summed E-state index contributed by atoms with van der Waals surface area (Å²) in [5, 5.41) is 9.58. The third-order valence-corrected chi connectivity index (χ3v) is 3.60. The normalized spacial score (nSPS) is 21.4. The van der Waals surface area contributed by atoms with Gasteiger partial charge in [-0.3, -0.25) is 4.79 Å². The second-order valence-electron chi connectivity index (χ2n) is 4.80. The van der Waals surface area contributed by atoms with Crippen molar-refractivity contribution in [2.75, 3.05) is 13.1 Å². The summed E-state index contributed by atoms with van der Waals surface area (Å²) in [5.41, 5.74) is 1.78. The number of rotatable bonds is 1. The van der Waals surface area contributed by atoms with Crippen molar-refractivity contribution in [3.05, 3.63) is 23.5 Å². The van der Waals surface area contributed by atoms with Gasteiger partial charge in [-0.1, -0.05) is 0 Å². The number of carbonyl (C=O) groups is 1. The van der Waals surface area contributed by atoms with Crippen molar-refractivity contribution in [2.45, 2.75) is 32.3 Å². The molecule has 1 saturated heterocycles. The van der Waals surface area contributed by atoms with E-state index in [0.717, 1.165) is 30.6 Å². The van der Waals surface area contributed by atoms with E-state index in [1.807, 2.05) is 35.7 Å². The molecule has 4 nitrogen and oxygen atoms in total. The highest BCUT2D eigenvalue weighted by molar-refractivity contribution is 5.95. The Hall–Kier alpha value is -1.29. The highest BCUT2D eigenvalue weighted by Crippen LogP contribution is 2.16. The van der Waals surface area contributed by atoms with E-state index < -0.39 is 0 Å². The average molecular weight is 236 g/mol. The third-order valence-electron chi connectivity index (χ3n) is 3.60. The van der Waals surface area contributed by atoms with Crippen LogP contribution in [0.25, 0.3) is 0 Å². The topological polar surface area (TPSA) is 45.5 Å². The maximum atomic E-state index is 12.3. The molecule has 1 amide bonds. The fraction of sp³-hybridized carbons (Fsp3) is 0.615. The first-order valence-corrected chi connectivity index (χ1v) is 6.19. The Bertz CT molecular complexity index is 412. The molecule has 1 fully saturated rings. The molecule has 1 aliphatic rings. The van der Waals surface area contributed by atoms with E-state index >= 15 is 0 Å². The van der Waals surface area contributed by atoms with E-state index in [9.17, 15) is 9.90 Å². The summed E-state index contributed by atoms with van der Waals surface area (Å²) in [7, 11) is 1.94. The van der Waals surface area contributed by atoms with E-state index in [4.69, 9.17) is 0 Å². The van der Waals surface area contributed by atoms with Crippen LogP contribution in [0.5, 0.6) is 0 Å². The maximum absolute atomic E-state index is 12.3. The van der Waals surface area contributed by atoms with Crippen molar-refractivity contribution in [1.29, 1.82) is 0 Å². The van der Waals surface area contributed by atoms with Gasteiger partial charge in [-0.15, -0.1) is 0 Å². The first-order valence-electron chi connectivity index (χ1n) is 6.19. The molecule has 4 heteroatoms. The van der Waals surface area contributed by atoms with Crippen LogP contribution in [-0.4, -0.2) is 39.7 Å². The van der Waals surface area contributed by atoms with E-state index in [2.05, 4.69) is 0 Å². The Kier molecular flexibility index (Phi) is 3.52. The van der Waals surface area contributed by atoms with Gasteiger partial charge in [0.15, 0.2) is 0 Å². The number of nitrogens with zero attached hydrogens (tertiary/aromatic N) is 2. The number of aliphatic hydroxyl groups excluding tert-OH is 1. The molecule has 1 aliphatic heterocycles. The maximum Gasteiger partial charge on any atom is 0.255 e. The van der Waals surface area contributed by atoms with Crippen LogP contribution in [0, 0.1) is 6.92 Å². The quantitative estimate of drug-likeness (QED) is 0.799. The fourth-order valence-electron chi connectivity index (χ4n) is 2.29. The standard InChI is InChI=1S/C13H20N2O2/c1-10-12(6-8-14(10)2)13(17)15-7-3-4-11(16)5-9-15/h6,8,11,16H,3-5,7,9H2,1-2H3/t11-/m1/s1. The molecule has 2 heterocycles. The fourth-order valence-corrected chi connectivity index (χ4v) is 2.29. The molecule has 1 N–H and O–H groups in total. The van der Waals surface area contributed by atoms with Crippen molar-refractivity contribution >= 4 is 5.91 Å². The number of aliphatic hydroxyl groups is 1. The van der Waals surface area contributed by atoms with Crippen LogP contribution in [0.4, 0.5) is 0 Å². The van der Waals surface area contributed by atoms with Crippen molar-refractivity contribution in [3.8, 4) is 0 Å². The van der Waals surface area contributed by atoms with Crippen molar-refractivity contribution < 1.29 is 9.90 Å². The first-order chi connectivity index (χ1) is 8.09. The van der Waals surface area contributed by atoms with E-state index in [1.54, 1.807) is 0 Å². The average Bonchev–Trinajstić information content (AvgIpc) is 2.53. The second kappa shape index (κ2) is 4.92. The minimum absolute atomic E-state index is 0.0946. The van der Waals surface area contributed by atoms with Crippen molar-refractivity contribution in [3.63, 3.8) is 0 Å². The summed E-state index contributed by atoms with van der Waals surface area (Å²) in [6, 6.07) is 1.87. The van der Waals surface area contributed by atoms with Crippen LogP contribution in [0.3, 0.4) is 0 Å². The lowest BCUT2D eigenvalue weighted by Gasteiger charge is -2.20. The van der Waals surface area contributed by atoms with Crippen molar-refractivity contribution in [2.24, 2.45) is 7.05 Å². The smallest absolute Gasteiger partial charge is 0.255 e. The van der Waals surface area contributed by atoms with Crippen LogP contribution < -0.4 is 0 Å². The lowest BCUT2D eigenvalue weighted by atomic mass is 10.2. The van der Waals surface area contributed by atoms with Crippen molar-refractivity contribution in [1.82, 2.24) is 9.47 Å². The Morgan fingerprint density at radius 2 is 2.18 bits per heavy atom. The zero-order valence-corrected chi connectivity index (χ0v) is 10.5. The van der Waals surface area contributed by atoms with Crippen LogP contribution in [0.1, 0.15) is 35.3 Å². The van der Waals surface area contributed by atoms with Gasteiger partial charge in [0.05, 0.1) is 11.7 Å². The highest BCUT2D eigenvalue weighted by Gasteiger charge is 2.22. The summed E-state index contributed by atoms with van der Waals surface area (Å²) in [5.74, 6) is 0.0946. The summed E-state index contributed by atoms with van der Waals surface area (Å²) in [4.78, 5) is 14.2. The predicted molar refractivity (Wildman–Crippen MR) is 65.9 cm³/mol.